The Morgan fingerprint density at radius 3 is 2.65 bits per heavy atom. The molecule has 0 unspecified atom stereocenters. The number of rotatable bonds is 6. The lowest BCUT2D eigenvalue weighted by molar-refractivity contribution is -0.128. The van der Waals surface area contributed by atoms with E-state index in [-0.39, 0.29) is 5.75 Å². The molecule has 2 fully saturated rings. The third kappa shape index (κ3) is 5.15. The Bertz CT molecular complexity index is 1440. The predicted octanol–water partition coefficient (Wildman–Crippen LogP) is 3.50. The second kappa shape index (κ2) is 10.9. The van der Waals surface area contributed by atoms with Crippen molar-refractivity contribution in [1.82, 2.24) is 19.8 Å². The molecule has 10 heteroatoms. The fourth-order valence-corrected chi connectivity index (χ4v) is 6.11. The standard InChI is InChI=1S/C30H35FN6O3/c1-20(31)29(39)36-14-12-35(13-15-36)28-25-9-11-37(27-17-23(38)16-21-6-3-4-8-24(21)27)18-26(25)32-30(33-28)40-19-22-7-5-10-34(22)2/h3-4,6,8,16-17,22,38H,1,5,7,9-15,18-19H2,2H3/t22-/m0/s1. The van der Waals surface area contributed by atoms with Gasteiger partial charge in [-0.05, 0) is 44.3 Å². The number of halogens is 1. The van der Waals surface area contributed by atoms with E-state index in [0.29, 0.717) is 51.4 Å². The molecule has 1 aromatic heterocycles. The SMILES string of the molecule is C=C(F)C(=O)N1CCN(c2nc(OC[C@@H]3CCCN3C)nc3c2CCN(c2cc(O)cc4ccccc24)C3)CC1. The number of nitrogens with zero attached hydrogens (tertiary/aromatic N) is 6. The summed E-state index contributed by atoms with van der Waals surface area (Å²) in [7, 11) is 2.12. The van der Waals surface area contributed by atoms with E-state index in [1.54, 1.807) is 6.07 Å². The van der Waals surface area contributed by atoms with E-state index >= 15 is 0 Å². The lowest BCUT2D eigenvalue weighted by atomic mass is 10.0. The molecule has 2 aromatic carbocycles. The van der Waals surface area contributed by atoms with Crippen molar-refractivity contribution >= 4 is 28.2 Å². The summed E-state index contributed by atoms with van der Waals surface area (Å²) in [5.41, 5.74) is 2.94. The molecule has 2 saturated heterocycles. The van der Waals surface area contributed by atoms with Crippen LogP contribution in [0.2, 0.25) is 0 Å². The Labute approximate surface area is 233 Å². The number of hydrogen-bond donors (Lipinski definition) is 1. The van der Waals surface area contributed by atoms with Gasteiger partial charge in [-0.1, -0.05) is 30.8 Å². The summed E-state index contributed by atoms with van der Waals surface area (Å²) in [6.07, 6.45) is 2.96. The maximum absolute atomic E-state index is 13.5. The van der Waals surface area contributed by atoms with Gasteiger partial charge in [-0.2, -0.15) is 9.97 Å². The third-order valence-electron chi connectivity index (χ3n) is 8.36. The van der Waals surface area contributed by atoms with E-state index in [9.17, 15) is 14.3 Å². The molecule has 40 heavy (non-hydrogen) atoms. The second-order valence-electron chi connectivity index (χ2n) is 10.9. The van der Waals surface area contributed by atoms with Crippen molar-refractivity contribution < 1.29 is 19.0 Å². The first-order chi connectivity index (χ1) is 19.4. The largest absolute Gasteiger partial charge is 0.508 e. The van der Waals surface area contributed by atoms with Gasteiger partial charge in [0.1, 0.15) is 18.2 Å². The number of fused-ring (bicyclic) bond motifs is 2. The highest BCUT2D eigenvalue weighted by atomic mass is 19.1. The van der Waals surface area contributed by atoms with Crippen LogP contribution in [0.5, 0.6) is 11.8 Å². The number of likely N-dealkylation sites (N-methyl/N-ethyl adjacent to an activating group) is 1. The molecule has 3 aromatic rings. The fraction of sp³-hybridized carbons (Fsp3) is 0.433. The molecule has 1 atom stereocenters. The summed E-state index contributed by atoms with van der Waals surface area (Å²) >= 11 is 0. The number of amides is 1. The van der Waals surface area contributed by atoms with Crippen LogP contribution in [0.3, 0.4) is 0 Å². The van der Waals surface area contributed by atoms with E-state index < -0.39 is 11.7 Å². The lowest BCUT2D eigenvalue weighted by Gasteiger charge is -2.38. The van der Waals surface area contributed by atoms with Gasteiger partial charge in [0.25, 0.3) is 5.91 Å². The van der Waals surface area contributed by atoms with Gasteiger partial charge in [0.15, 0.2) is 5.83 Å². The lowest BCUT2D eigenvalue weighted by Crippen LogP contribution is -2.49. The number of ether oxygens (including phenoxy) is 1. The maximum atomic E-state index is 13.5. The molecule has 0 aliphatic carbocycles. The van der Waals surface area contributed by atoms with Gasteiger partial charge in [0.2, 0.25) is 0 Å². The van der Waals surface area contributed by atoms with Crippen molar-refractivity contribution in [2.75, 3.05) is 62.7 Å². The van der Waals surface area contributed by atoms with Crippen LogP contribution in [0.4, 0.5) is 15.9 Å². The normalized spacial score (nSPS) is 19.6. The molecule has 1 N–H and O–H groups in total. The minimum absolute atomic E-state index is 0.232. The topological polar surface area (TPSA) is 85.3 Å². The number of piperazine rings is 1. The minimum Gasteiger partial charge on any atom is -0.508 e. The number of phenolic OH excluding ortho intramolecular Hbond substituents is 1. The van der Waals surface area contributed by atoms with E-state index in [1.807, 2.05) is 24.3 Å². The summed E-state index contributed by atoms with van der Waals surface area (Å²) in [5, 5.41) is 12.5. The van der Waals surface area contributed by atoms with Gasteiger partial charge in [-0.3, -0.25) is 4.79 Å². The second-order valence-corrected chi connectivity index (χ2v) is 10.9. The number of carbonyl (C=O) groups excluding carboxylic acids is 1. The molecule has 0 saturated carbocycles. The molecule has 0 radical (unpaired) electrons. The van der Waals surface area contributed by atoms with Crippen molar-refractivity contribution in [2.45, 2.75) is 31.8 Å². The average Bonchev–Trinajstić information content (AvgIpc) is 3.38. The molecule has 3 aliphatic rings. The number of benzene rings is 2. The number of aromatic nitrogens is 2. The van der Waals surface area contributed by atoms with Crippen LogP contribution in [0.25, 0.3) is 10.8 Å². The number of hydrogen-bond acceptors (Lipinski definition) is 8. The minimum atomic E-state index is -0.931. The third-order valence-corrected chi connectivity index (χ3v) is 8.36. The Morgan fingerprint density at radius 2 is 1.90 bits per heavy atom. The smallest absolute Gasteiger partial charge is 0.318 e. The van der Waals surface area contributed by atoms with Crippen molar-refractivity contribution in [1.29, 1.82) is 0 Å². The monoisotopic (exact) mass is 546 g/mol. The molecule has 210 valence electrons. The fourth-order valence-electron chi connectivity index (χ4n) is 6.11. The zero-order valence-corrected chi connectivity index (χ0v) is 22.9. The summed E-state index contributed by atoms with van der Waals surface area (Å²) in [6, 6.07) is 12.3. The highest BCUT2D eigenvalue weighted by molar-refractivity contribution is 5.95. The van der Waals surface area contributed by atoms with Crippen molar-refractivity contribution in [2.24, 2.45) is 0 Å². The van der Waals surface area contributed by atoms with Crippen molar-refractivity contribution in [3.8, 4) is 11.8 Å². The molecular weight excluding hydrogens is 511 g/mol. The Kier molecular flexibility index (Phi) is 7.18. The van der Waals surface area contributed by atoms with Crippen LogP contribution in [-0.2, 0) is 17.8 Å². The molecule has 0 bridgehead atoms. The summed E-state index contributed by atoms with van der Waals surface area (Å²) in [5.74, 6) is -0.523. The molecule has 3 aliphatic heterocycles. The first-order valence-electron chi connectivity index (χ1n) is 14.0. The molecule has 1 amide bonds. The summed E-state index contributed by atoms with van der Waals surface area (Å²) in [4.78, 5) is 30.1. The molecular formula is C30H35FN6O3. The highest BCUT2D eigenvalue weighted by Gasteiger charge is 2.30. The summed E-state index contributed by atoms with van der Waals surface area (Å²) in [6.45, 7) is 7.90. The molecule has 4 heterocycles. The molecule has 9 nitrogen and oxygen atoms in total. The first-order valence-corrected chi connectivity index (χ1v) is 14.0. The first kappa shape index (κ1) is 26.3. The Hall–Kier alpha value is -3.92. The molecule has 6 rings (SSSR count). The molecule has 0 spiro atoms. The predicted molar refractivity (Wildman–Crippen MR) is 153 cm³/mol. The maximum Gasteiger partial charge on any atom is 0.318 e. The van der Waals surface area contributed by atoms with Crippen molar-refractivity contribution in [3.63, 3.8) is 0 Å². The number of likely N-dealkylation sites (tertiary alicyclic amines) is 1. The zero-order valence-electron chi connectivity index (χ0n) is 22.9. The van der Waals surface area contributed by atoms with Crippen LogP contribution < -0.4 is 14.5 Å². The highest BCUT2D eigenvalue weighted by Crippen LogP contribution is 2.36. The van der Waals surface area contributed by atoms with Gasteiger partial charge in [0, 0.05) is 61.5 Å². The van der Waals surface area contributed by atoms with Gasteiger partial charge >= 0.3 is 6.01 Å². The van der Waals surface area contributed by atoms with Crippen molar-refractivity contribution in [3.05, 3.63) is 60.1 Å². The van der Waals surface area contributed by atoms with Crippen LogP contribution in [0, 0.1) is 0 Å². The van der Waals surface area contributed by atoms with Crippen LogP contribution >= 0.6 is 0 Å². The van der Waals surface area contributed by atoms with Gasteiger partial charge in [-0.15, -0.1) is 0 Å². The average molecular weight is 547 g/mol. The van der Waals surface area contributed by atoms with Gasteiger partial charge in [0.05, 0.1) is 12.2 Å². The van der Waals surface area contributed by atoms with Crippen LogP contribution in [0.15, 0.2) is 48.8 Å². The quantitative estimate of drug-likeness (QED) is 0.471. The summed E-state index contributed by atoms with van der Waals surface area (Å²) < 4.78 is 19.7. The number of phenols is 1. The number of aromatic hydroxyl groups is 1. The Balaban J connectivity index is 1.30. The van der Waals surface area contributed by atoms with Crippen LogP contribution in [-0.4, -0.2) is 89.7 Å². The number of carbonyl (C=O) groups is 1. The van der Waals surface area contributed by atoms with Gasteiger partial charge < -0.3 is 29.4 Å². The van der Waals surface area contributed by atoms with Crippen LogP contribution in [0.1, 0.15) is 24.1 Å². The van der Waals surface area contributed by atoms with Gasteiger partial charge in [-0.25, -0.2) is 4.39 Å². The van der Waals surface area contributed by atoms with E-state index in [1.165, 1.54) is 4.90 Å². The van der Waals surface area contributed by atoms with E-state index in [0.717, 1.165) is 65.9 Å². The Morgan fingerprint density at radius 1 is 1.10 bits per heavy atom. The zero-order chi connectivity index (χ0) is 27.8. The van der Waals surface area contributed by atoms with E-state index in [4.69, 9.17) is 14.7 Å². The van der Waals surface area contributed by atoms with E-state index in [2.05, 4.69) is 34.4 Å². The number of anilines is 2.